The van der Waals surface area contributed by atoms with Crippen LogP contribution < -0.4 is 10.6 Å². The topological polar surface area (TPSA) is 94.0 Å². The molecule has 1 aliphatic heterocycles. The number of rotatable bonds is 3. The third kappa shape index (κ3) is 3.19. The lowest BCUT2D eigenvalue weighted by Crippen LogP contribution is -2.24. The minimum absolute atomic E-state index is 0.0610. The van der Waals surface area contributed by atoms with Gasteiger partial charge < -0.3 is 15.2 Å². The molecule has 0 saturated carbocycles. The number of benzene rings is 1. The van der Waals surface area contributed by atoms with Gasteiger partial charge in [-0.1, -0.05) is 44.8 Å². The maximum absolute atomic E-state index is 6.01. The van der Waals surface area contributed by atoms with Gasteiger partial charge in [0.05, 0.1) is 0 Å². The Morgan fingerprint density at radius 3 is 2.88 bits per heavy atom. The molecule has 9 heteroatoms. The van der Waals surface area contributed by atoms with Gasteiger partial charge in [-0.25, -0.2) is 4.98 Å². The molecule has 1 aliphatic rings. The highest BCUT2D eigenvalue weighted by atomic mass is 79.9. The molecule has 3 heterocycles. The number of hydrogen-bond donors (Lipinski definition) is 1. The van der Waals surface area contributed by atoms with Gasteiger partial charge in [0.1, 0.15) is 17.0 Å². The van der Waals surface area contributed by atoms with E-state index in [0.717, 1.165) is 29.4 Å². The number of anilines is 2. The molecular formula is C16H14BrClN6O. The van der Waals surface area contributed by atoms with E-state index in [4.69, 9.17) is 21.9 Å². The molecule has 3 aromatic rings. The summed E-state index contributed by atoms with van der Waals surface area (Å²) >= 11 is 9.52. The Morgan fingerprint density at radius 2 is 2.08 bits per heavy atom. The van der Waals surface area contributed by atoms with E-state index in [1.165, 1.54) is 0 Å². The summed E-state index contributed by atoms with van der Waals surface area (Å²) in [6.07, 6.45) is 1.87. The van der Waals surface area contributed by atoms with Crippen molar-refractivity contribution in [2.24, 2.45) is 0 Å². The van der Waals surface area contributed by atoms with Crippen molar-refractivity contribution >= 4 is 39.3 Å². The number of halogens is 2. The Balaban J connectivity index is 1.66. The lowest BCUT2D eigenvalue weighted by molar-refractivity contribution is 0.354. The van der Waals surface area contributed by atoms with Gasteiger partial charge in [-0.15, -0.1) is 0 Å². The molecular weight excluding hydrogens is 408 g/mol. The molecule has 0 bridgehead atoms. The van der Waals surface area contributed by atoms with E-state index in [1.54, 1.807) is 6.07 Å². The summed E-state index contributed by atoms with van der Waals surface area (Å²) in [4.78, 5) is 14.8. The van der Waals surface area contributed by atoms with Gasteiger partial charge >= 0.3 is 0 Å². The monoisotopic (exact) mass is 420 g/mol. The van der Waals surface area contributed by atoms with Crippen molar-refractivity contribution in [1.29, 1.82) is 0 Å². The zero-order valence-electron chi connectivity index (χ0n) is 13.1. The predicted octanol–water partition coefficient (Wildman–Crippen LogP) is 3.87. The quantitative estimate of drug-likeness (QED) is 0.642. The Morgan fingerprint density at radius 1 is 1.24 bits per heavy atom. The maximum Gasteiger partial charge on any atom is 0.249 e. The average Bonchev–Trinajstić information content (AvgIpc) is 3.23. The molecule has 1 atom stereocenters. The number of nitrogens with zero attached hydrogens (tertiary/aromatic N) is 5. The first-order valence-corrected chi connectivity index (χ1v) is 8.94. The lowest BCUT2D eigenvalue weighted by Gasteiger charge is -2.22. The summed E-state index contributed by atoms with van der Waals surface area (Å²) < 4.78 is 6.46. The van der Waals surface area contributed by atoms with Crippen molar-refractivity contribution in [1.82, 2.24) is 20.1 Å². The number of nitrogen functional groups attached to an aromatic ring is 1. The van der Waals surface area contributed by atoms with Crippen molar-refractivity contribution in [3.8, 4) is 11.4 Å². The van der Waals surface area contributed by atoms with Crippen LogP contribution in [0, 0.1) is 0 Å². The zero-order chi connectivity index (χ0) is 17.4. The van der Waals surface area contributed by atoms with Gasteiger partial charge in [-0.3, -0.25) is 0 Å². The Labute approximate surface area is 157 Å². The third-order valence-electron chi connectivity index (χ3n) is 4.09. The van der Waals surface area contributed by atoms with Crippen LogP contribution >= 0.6 is 27.5 Å². The van der Waals surface area contributed by atoms with Gasteiger partial charge in [0.15, 0.2) is 0 Å². The summed E-state index contributed by atoms with van der Waals surface area (Å²) in [5.41, 5.74) is 6.60. The first-order chi connectivity index (χ1) is 12.1. The van der Waals surface area contributed by atoms with Crippen LogP contribution in [-0.4, -0.2) is 26.7 Å². The van der Waals surface area contributed by atoms with E-state index in [2.05, 4.69) is 40.9 Å². The van der Waals surface area contributed by atoms with Crippen molar-refractivity contribution in [2.75, 3.05) is 17.2 Å². The maximum atomic E-state index is 6.01. The fourth-order valence-electron chi connectivity index (χ4n) is 2.99. The van der Waals surface area contributed by atoms with Crippen LogP contribution in [0.2, 0.25) is 5.15 Å². The van der Waals surface area contributed by atoms with Crippen LogP contribution in [-0.2, 0) is 0 Å². The van der Waals surface area contributed by atoms with Crippen LogP contribution in [0.4, 0.5) is 11.8 Å². The number of nitrogens with two attached hydrogens (primary N) is 1. The number of hydrogen-bond acceptors (Lipinski definition) is 7. The highest BCUT2D eigenvalue weighted by Gasteiger charge is 2.32. The van der Waals surface area contributed by atoms with Gasteiger partial charge in [0, 0.05) is 22.6 Å². The second-order valence-electron chi connectivity index (χ2n) is 5.69. The van der Waals surface area contributed by atoms with Crippen LogP contribution in [0.1, 0.15) is 24.8 Å². The fraction of sp³-hybridized carbons (Fsp3) is 0.250. The van der Waals surface area contributed by atoms with Crippen LogP contribution in [0.25, 0.3) is 11.4 Å². The predicted molar refractivity (Wildman–Crippen MR) is 98.2 cm³/mol. The first-order valence-electron chi connectivity index (χ1n) is 7.77. The van der Waals surface area contributed by atoms with Crippen LogP contribution in [0.15, 0.2) is 39.3 Å². The largest absolute Gasteiger partial charge is 0.368 e. The van der Waals surface area contributed by atoms with E-state index < -0.39 is 0 Å². The van der Waals surface area contributed by atoms with Crippen molar-refractivity contribution < 1.29 is 4.52 Å². The van der Waals surface area contributed by atoms with Gasteiger partial charge in [0.25, 0.3) is 0 Å². The van der Waals surface area contributed by atoms with Gasteiger partial charge in [-0.05, 0) is 25.0 Å². The molecule has 0 spiro atoms. The van der Waals surface area contributed by atoms with Gasteiger partial charge in [-0.2, -0.15) is 9.97 Å². The summed E-state index contributed by atoms with van der Waals surface area (Å²) in [7, 11) is 0. The Kier molecular flexibility index (Phi) is 4.30. The number of aromatic nitrogens is 4. The molecule has 25 heavy (non-hydrogen) atoms. The highest BCUT2D eigenvalue weighted by Crippen LogP contribution is 2.36. The smallest absolute Gasteiger partial charge is 0.249 e. The van der Waals surface area contributed by atoms with E-state index in [-0.39, 0.29) is 12.0 Å². The molecule has 4 rings (SSSR count). The van der Waals surface area contributed by atoms with Crippen LogP contribution in [0.5, 0.6) is 0 Å². The third-order valence-corrected chi connectivity index (χ3v) is 4.97. The van der Waals surface area contributed by atoms with E-state index >= 15 is 0 Å². The minimum Gasteiger partial charge on any atom is -0.368 e. The van der Waals surface area contributed by atoms with Crippen molar-refractivity contribution in [3.63, 3.8) is 0 Å². The molecule has 7 nitrogen and oxygen atoms in total. The summed E-state index contributed by atoms with van der Waals surface area (Å²) in [6, 6.07) is 9.39. The first kappa shape index (κ1) is 16.3. The molecule has 1 fully saturated rings. The molecule has 0 aliphatic carbocycles. The Hall–Kier alpha value is -2.19. The van der Waals surface area contributed by atoms with E-state index in [9.17, 15) is 0 Å². The normalized spacial score (nSPS) is 17.2. The molecule has 0 amide bonds. The summed E-state index contributed by atoms with van der Waals surface area (Å²) in [5, 5.41) is 4.44. The molecule has 2 aromatic heterocycles. The average molecular weight is 422 g/mol. The highest BCUT2D eigenvalue weighted by molar-refractivity contribution is 9.10. The second-order valence-corrected chi connectivity index (χ2v) is 6.94. The van der Waals surface area contributed by atoms with E-state index in [0.29, 0.717) is 22.7 Å². The molecule has 0 radical (unpaired) electrons. The van der Waals surface area contributed by atoms with Crippen molar-refractivity contribution in [2.45, 2.75) is 18.9 Å². The standard InChI is InChI=1S/C16H14BrClN6O/c17-10-5-2-1-4-9(10)14-22-15(25-23-14)11-6-3-7-24(11)13-8-12(18)20-16(19)21-13/h1-2,4-5,8,11H,3,6-7H2,(H2,19,20,21). The zero-order valence-corrected chi connectivity index (χ0v) is 15.4. The molecule has 128 valence electrons. The minimum atomic E-state index is -0.0610. The molecule has 1 unspecified atom stereocenters. The summed E-state index contributed by atoms with van der Waals surface area (Å²) in [5.74, 6) is 1.92. The van der Waals surface area contributed by atoms with Crippen LogP contribution in [0.3, 0.4) is 0 Å². The Bertz CT molecular complexity index is 897. The summed E-state index contributed by atoms with van der Waals surface area (Å²) in [6.45, 7) is 0.810. The lowest BCUT2D eigenvalue weighted by atomic mass is 10.2. The molecule has 1 aromatic carbocycles. The van der Waals surface area contributed by atoms with Gasteiger partial charge in [0.2, 0.25) is 17.7 Å². The molecule has 2 N–H and O–H groups in total. The van der Waals surface area contributed by atoms with Crippen molar-refractivity contribution in [3.05, 3.63) is 45.8 Å². The fourth-order valence-corrected chi connectivity index (χ4v) is 3.64. The SMILES string of the molecule is Nc1nc(Cl)cc(N2CCCC2c2nc(-c3ccccc3Br)no2)n1. The van der Waals surface area contributed by atoms with E-state index in [1.807, 2.05) is 24.3 Å². The molecule has 1 saturated heterocycles. The second kappa shape index (κ2) is 6.61.